The Morgan fingerprint density at radius 3 is 2.31 bits per heavy atom. The number of primary amides is 1. The van der Waals surface area contributed by atoms with Gasteiger partial charge in [-0.05, 0) is 29.3 Å². The topological polar surface area (TPSA) is 76.0 Å². The largest absolute Gasteiger partial charge is 0.366 e. The molecule has 0 aliphatic carbocycles. The van der Waals surface area contributed by atoms with E-state index in [1.54, 1.807) is 36.5 Å². The first-order valence-electron chi connectivity index (χ1n) is 4.76. The molecule has 0 aliphatic rings. The second-order valence-corrected chi connectivity index (χ2v) is 3.38. The van der Waals surface area contributed by atoms with Gasteiger partial charge in [0.1, 0.15) is 0 Å². The molecule has 3 N–H and O–H groups in total. The summed E-state index contributed by atoms with van der Waals surface area (Å²) in [5.41, 5.74) is 7.11. The van der Waals surface area contributed by atoms with Gasteiger partial charge in [-0.25, -0.2) is 0 Å². The number of aromatic nitrogens is 1. The fourth-order valence-corrected chi connectivity index (χ4v) is 1.45. The Morgan fingerprint density at radius 2 is 1.75 bits per heavy atom. The fourth-order valence-electron chi connectivity index (χ4n) is 1.45. The predicted molar refractivity (Wildman–Crippen MR) is 61.0 cm³/mol. The van der Waals surface area contributed by atoms with E-state index in [2.05, 4.69) is 4.98 Å². The van der Waals surface area contributed by atoms with Crippen LogP contribution in [0.3, 0.4) is 0 Å². The second-order valence-electron chi connectivity index (χ2n) is 3.38. The normalized spacial score (nSPS) is 10.0. The summed E-state index contributed by atoms with van der Waals surface area (Å²) in [6.45, 7) is 0. The monoisotopic (exact) mass is 214 g/mol. The quantitative estimate of drug-likeness (QED) is 0.786. The van der Waals surface area contributed by atoms with Crippen LogP contribution in [-0.2, 0) is 0 Å². The van der Waals surface area contributed by atoms with Gasteiger partial charge in [0.2, 0.25) is 11.5 Å². The van der Waals surface area contributed by atoms with E-state index >= 15 is 0 Å². The molecular weight excluding hydrogens is 204 g/mol. The van der Waals surface area contributed by atoms with Gasteiger partial charge in [-0.3, -0.25) is 9.59 Å². The summed E-state index contributed by atoms with van der Waals surface area (Å²) in [5, 5.41) is 0. The summed E-state index contributed by atoms with van der Waals surface area (Å²) in [6.07, 6.45) is 1.58. The van der Waals surface area contributed by atoms with E-state index in [1.165, 1.54) is 6.07 Å². The van der Waals surface area contributed by atoms with Gasteiger partial charge in [0.15, 0.2) is 0 Å². The van der Waals surface area contributed by atoms with Gasteiger partial charge in [0.25, 0.3) is 0 Å². The van der Waals surface area contributed by atoms with Gasteiger partial charge in [-0.1, -0.05) is 12.1 Å². The molecule has 4 nitrogen and oxygen atoms in total. The number of nitrogens with one attached hydrogen (secondary N) is 1. The van der Waals surface area contributed by atoms with Gasteiger partial charge < -0.3 is 10.7 Å². The van der Waals surface area contributed by atoms with Crippen molar-refractivity contribution in [1.82, 2.24) is 4.98 Å². The van der Waals surface area contributed by atoms with Crippen LogP contribution in [0.15, 0.2) is 47.4 Å². The van der Waals surface area contributed by atoms with Gasteiger partial charge in [-0.15, -0.1) is 0 Å². The lowest BCUT2D eigenvalue weighted by atomic mass is 10.1. The van der Waals surface area contributed by atoms with Crippen LogP contribution in [0.5, 0.6) is 0 Å². The molecule has 2 rings (SSSR count). The maximum atomic E-state index is 11.1. The molecule has 1 heterocycles. The summed E-state index contributed by atoms with van der Waals surface area (Å²) in [7, 11) is 0. The molecule has 0 spiro atoms. The zero-order valence-corrected chi connectivity index (χ0v) is 8.44. The Hall–Kier alpha value is -2.36. The number of aromatic amines is 1. The molecule has 4 heteroatoms. The first-order valence-corrected chi connectivity index (χ1v) is 4.76. The van der Waals surface area contributed by atoms with E-state index in [0.717, 1.165) is 11.1 Å². The first-order chi connectivity index (χ1) is 7.66. The highest BCUT2D eigenvalue weighted by Gasteiger charge is 2.01. The summed E-state index contributed by atoms with van der Waals surface area (Å²) in [5.74, 6) is -0.461. The Bertz CT molecular complexity index is 570. The maximum absolute atomic E-state index is 11.1. The second kappa shape index (κ2) is 4.02. The zero-order chi connectivity index (χ0) is 11.5. The summed E-state index contributed by atoms with van der Waals surface area (Å²) in [6, 6.07) is 10.1. The Morgan fingerprint density at radius 1 is 1.06 bits per heavy atom. The van der Waals surface area contributed by atoms with E-state index in [9.17, 15) is 9.59 Å². The van der Waals surface area contributed by atoms with E-state index in [0.29, 0.717) is 5.56 Å². The van der Waals surface area contributed by atoms with Gasteiger partial charge in [0.05, 0.1) is 0 Å². The van der Waals surface area contributed by atoms with E-state index in [1.807, 2.05) is 0 Å². The third-order valence-corrected chi connectivity index (χ3v) is 2.28. The maximum Gasteiger partial charge on any atom is 0.248 e. The van der Waals surface area contributed by atoms with Crippen molar-refractivity contribution in [2.24, 2.45) is 5.73 Å². The third kappa shape index (κ3) is 2.00. The minimum Gasteiger partial charge on any atom is -0.366 e. The lowest BCUT2D eigenvalue weighted by molar-refractivity contribution is 0.100. The molecule has 16 heavy (non-hydrogen) atoms. The summed E-state index contributed by atoms with van der Waals surface area (Å²) in [4.78, 5) is 24.5. The number of carbonyl (C=O) groups is 1. The Balaban J connectivity index is 2.42. The molecule has 1 amide bonds. The van der Waals surface area contributed by atoms with Crippen LogP contribution in [-0.4, -0.2) is 10.9 Å². The number of hydrogen-bond acceptors (Lipinski definition) is 2. The Labute approximate surface area is 91.7 Å². The smallest absolute Gasteiger partial charge is 0.248 e. The number of rotatable bonds is 2. The van der Waals surface area contributed by atoms with Crippen molar-refractivity contribution in [2.45, 2.75) is 0 Å². The molecule has 0 radical (unpaired) electrons. The highest BCUT2D eigenvalue weighted by atomic mass is 16.1. The van der Waals surface area contributed by atoms with Crippen molar-refractivity contribution in [3.05, 3.63) is 58.5 Å². The number of amides is 1. The zero-order valence-electron chi connectivity index (χ0n) is 8.44. The number of H-pyrrole nitrogens is 1. The minimum absolute atomic E-state index is 0.156. The van der Waals surface area contributed by atoms with Crippen molar-refractivity contribution >= 4 is 5.91 Å². The van der Waals surface area contributed by atoms with Gasteiger partial charge >= 0.3 is 0 Å². The summed E-state index contributed by atoms with van der Waals surface area (Å²) >= 11 is 0. The molecule has 2 aromatic rings. The molecule has 0 bridgehead atoms. The number of pyridine rings is 1. The molecule has 80 valence electrons. The van der Waals surface area contributed by atoms with Gasteiger partial charge in [0, 0.05) is 17.8 Å². The molecule has 0 unspecified atom stereocenters. The average Bonchev–Trinajstić information content (AvgIpc) is 2.29. The Kier molecular flexibility index (Phi) is 2.55. The van der Waals surface area contributed by atoms with Crippen molar-refractivity contribution in [3.63, 3.8) is 0 Å². The van der Waals surface area contributed by atoms with E-state index in [4.69, 9.17) is 5.73 Å². The highest BCUT2D eigenvalue weighted by Crippen LogP contribution is 2.17. The molecular formula is C12H10N2O2. The van der Waals surface area contributed by atoms with E-state index < -0.39 is 5.91 Å². The van der Waals surface area contributed by atoms with E-state index in [-0.39, 0.29) is 5.56 Å². The lowest BCUT2D eigenvalue weighted by Crippen LogP contribution is -2.10. The van der Waals surface area contributed by atoms with Crippen molar-refractivity contribution in [3.8, 4) is 11.1 Å². The summed E-state index contributed by atoms with van der Waals surface area (Å²) < 4.78 is 0. The predicted octanol–water partition coefficient (Wildman–Crippen LogP) is 1.14. The van der Waals surface area contributed by atoms with Crippen LogP contribution in [0.1, 0.15) is 10.4 Å². The molecule has 0 fully saturated rings. The SMILES string of the molecule is NC(=O)c1ccc(-c2cc[nH]c(=O)c2)cc1. The number of nitrogens with two attached hydrogens (primary N) is 1. The van der Waals surface area contributed by atoms with Crippen LogP contribution < -0.4 is 11.3 Å². The number of carbonyl (C=O) groups excluding carboxylic acids is 1. The van der Waals surface area contributed by atoms with Crippen LogP contribution >= 0.6 is 0 Å². The molecule has 0 saturated heterocycles. The first kappa shape index (κ1) is 10.2. The molecule has 0 atom stereocenters. The highest BCUT2D eigenvalue weighted by molar-refractivity contribution is 5.93. The number of hydrogen-bond donors (Lipinski definition) is 2. The van der Waals surface area contributed by atoms with Crippen molar-refractivity contribution in [1.29, 1.82) is 0 Å². The average molecular weight is 214 g/mol. The van der Waals surface area contributed by atoms with Crippen LogP contribution in [0.2, 0.25) is 0 Å². The molecule has 0 saturated carbocycles. The minimum atomic E-state index is -0.461. The molecule has 0 aliphatic heterocycles. The standard InChI is InChI=1S/C12H10N2O2/c13-12(16)9-3-1-8(2-4-9)10-5-6-14-11(15)7-10/h1-7H,(H2,13,16)(H,14,15). The fraction of sp³-hybridized carbons (Fsp3) is 0. The van der Waals surface area contributed by atoms with Crippen LogP contribution in [0.25, 0.3) is 11.1 Å². The van der Waals surface area contributed by atoms with Crippen molar-refractivity contribution < 1.29 is 4.79 Å². The van der Waals surface area contributed by atoms with Crippen molar-refractivity contribution in [2.75, 3.05) is 0 Å². The lowest BCUT2D eigenvalue weighted by Gasteiger charge is -2.01. The van der Waals surface area contributed by atoms with Gasteiger partial charge in [-0.2, -0.15) is 0 Å². The number of benzene rings is 1. The third-order valence-electron chi connectivity index (χ3n) is 2.28. The molecule has 1 aromatic carbocycles. The molecule has 1 aromatic heterocycles. The van der Waals surface area contributed by atoms with Crippen LogP contribution in [0.4, 0.5) is 0 Å². The van der Waals surface area contributed by atoms with Crippen LogP contribution in [0, 0.1) is 0 Å².